The van der Waals surface area contributed by atoms with Crippen molar-refractivity contribution in [3.63, 3.8) is 0 Å². The zero-order valence-electron chi connectivity index (χ0n) is 10.4. The Labute approximate surface area is 104 Å². The lowest BCUT2D eigenvalue weighted by atomic mass is 10.4. The fraction of sp³-hybridized carbons (Fsp3) is 1.00. The second-order valence-electron chi connectivity index (χ2n) is 3.36. The van der Waals surface area contributed by atoms with Crippen molar-refractivity contribution >= 4 is 8.80 Å². The minimum absolute atomic E-state index is 0.0554. The van der Waals surface area contributed by atoms with Crippen LogP contribution in [0.5, 0.6) is 0 Å². The molecule has 0 aromatic carbocycles. The topological polar surface area (TPSA) is 27.7 Å². The van der Waals surface area contributed by atoms with Gasteiger partial charge in [0.05, 0.1) is 6.04 Å². The van der Waals surface area contributed by atoms with Gasteiger partial charge in [0.15, 0.2) is 0 Å². The predicted octanol–water partition coefficient (Wildman–Crippen LogP) is 3.23. The van der Waals surface area contributed by atoms with Gasteiger partial charge in [-0.15, -0.1) is 0 Å². The highest BCUT2D eigenvalue weighted by Crippen LogP contribution is 2.42. The molecular formula is C9H17F5O3Si. The summed E-state index contributed by atoms with van der Waals surface area (Å²) in [5.41, 5.74) is 0. The van der Waals surface area contributed by atoms with Gasteiger partial charge in [-0.05, 0) is 20.8 Å². The second kappa shape index (κ2) is 6.78. The largest absolute Gasteiger partial charge is 0.507 e. The Bertz CT molecular complexity index is 230. The van der Waals surface area contributed by atoms with Crippen LogP contribution in [0.2, 0.25) is 6.04 Å². The predicted molar refractivity (Wildman–Crippen MR) is 56.4 cm³/mol. The highest BCUT2D eigenvalue weighted by atomic mass is 28.4. The van der Waals surface area contributed by atoms with Crippen LogP contribution in [0, 0.1) is 0 Å². The van der Waals surface area contributed by atoms with E-state index >= 15 is 0 Å². The highest BCUT2D eigenvalue weighted by Gasteiger charge is 2.64. The van der Waals surface area contributed by atoms with Crippen molar-refractivity contribution in [3.05, 3.63) is 0 Å². The smallest absolute Gasteiger partial charge is 0.374 e. The Morgan fingerprint density at radius 3 is 1.33 bits per heavy atom. The first-order valence-corrected chi connectivity index (χ1v) is 7.43. The minimum atomic E-state index is -5.64. The van der Waals surface area contributed by atoms with Crippen LogP contribution in [0.25, 0.3) is 0 Å². The highest BCUT2D eigenvalue weighted by molar-refractivity contribution is 6.61. The van der Waals surface area contributed by atoms with E-state index in [2.05, 4.69) is 0 Å². The molecule has 0 atom stereocenters. The molecule has 18 heavy (non-hydrogen) atoms. The maximum absolute atomic E-state index is 13.1. The third kappa shape index (κ3) is 4.79. The van der Waals surface area contributed by atoms with E-state index < -0.39 is 26.9 Å². The monoisotopic (exact) mass is 296 g/mol. The fourth-order valence-electron chi connectivity index (χ4n) is 1.31. The van der Waals surface area contributed by atoms with Crippen molar-refractivity contribution < 1.29 is 35.2 Å². The first kappa shape index (κ1) is 17.7. The molecule has 0 saturated carbocycles. The van der Waals surface area contributed by atoms with Crippen LogP contribution >= 0.6 is 0 Å². The molecule has 0 saturated heterocycles. The van der Waals surface area contributed by atoms with E-state index in [0.717, 1.165) is 0 Å². The maximum atomic E-state index is 13.1. The van der Waals surface area contributed by atoms with E-state index in [1.807, 2.05) is 0 Å². The zero-order valence-corrected chi connectivity index (χ0v) is 11.4. The van der Waals surface area contributed by atoms with Crippen LogP contribution in [-0.4, -0.2) is 40.7 Å². The average molecular weight is 296 g/mol. The van der Waals surface area contributed by atoms with E-state index in [0.29, 0.717) is 0 Å². The number of alkyl halides is 5. The van der Waals surface area contributed by atoms with Crippen molar-refractivity contribution in [2.75, 3.05) is 19.8 Å². The molecule has 0 radical (unpaired) electrons. The summed E-state index contributed by atoms with van der Waals surface area (Å²) in [6.07, 6.45) is -5.64. The lowest BCUT2D eigenvalue weighted by Gasteiger charge is -2.32. The van der Waals surface area contributed by atoms with E-state index in [-0.39, 0.29) is 19.8 Å². The first-order chi connectivity index (χ1) is 8.14. The molecule has 0 heterocycles. The molecule has 0 aromatic heterocycles. The average Bonchev–Trinajstić information content (AvgIpc) is 2.15. The van der Waals surface area contributed by atoms with Gasteiger partial charge in [0, 0.05) is 19.8 Å². The van der Waals surface area contributed by atoms with Gasteiger partial charge < -0.3 is 13.3 Å². The summed E-state index contributed by atoms with van der Waals surface area (Å²) < 4.78 is 77.6. The first-order valence-electron chi connectivity index (χ1n) is 5.50. The molecule has 9 heteroatoms. The van der Waals surface area contributed by atoms with Crippen LogP contribution in [0.1, 0.15) is 20.8 Å². The van der Waals surface area contributed by atoms with Crippen molar-refractivity contribution in [1.29, 1.82) is 0 Å². The van der Waals surface area contributed by atoms with E-state index in [1.165, 1.54) is 20.8 Å². The molecule has 0 aliphatic carbocycles. The lowest BCUT2D eigenvalue weighted by Crippen LogP contribution is -2.53. The van der Waals surface area contributed by atoms with Gasteiger partial charge in [-0.1, -0.05) is 0 Å². The number of hydrogen-bond acceptors (Lipinski definition) is 3. The molecule has 110 valence electrons. The van der Waals surface area contributed by atoms with E-state index in [9.17, 15) is 22.0 Å². The van der Waals surface area contributed by atoms with E-state index in [1.54, 1.807) is 0 Å². The molecule has 0 N–H and O–H groups in total. The second-order valence-corrected chi connectivity index (χ2v) is 5.95. The molecule has 0 amide bonds. The van der Waals surface area contributed by atoms with Crippen LogP contribution in [0.15, 0.2) is 0 Å². The third-order valence-corrected chi connectivity index (χ3v) is 5.01. The van der Waals surface area contributed by atoms with E-state index in [4.69, 9.17) is 13.3 Å². The number of halogens is 5. The maximum Gasteiger partial charge on any atom is 0.507 e. The molecular weight excluding hydrogens is 279 g/mol. The summed E-state index contributed by atoms with van der Waals surface area (Å²) in [4.78, 5) is 0. The van der Waals surface area contributed by atoms with Gasteiger partial charge in [0.25, 0.3) is 0 Å². The van der Waals surface area contributed by atoms with Crippen molar-refractivity contribution in [2.45, 2.75) is 38.9 Å². The quantitative estimate of drug-likeness (QED) is 0.508. The number of hydrogen-bond donors (Lipinski definition) is 0. The summed E-state index contributed by atoms with van der Waals surface area (Å²) in [5, 5.41) is 0. The van der Waals surface area contributed by atoms with Crippen molar-refractivity contribution in [3.8, 4) is 0 Å². The van der Waals surface area contributed by atoms with Gasteiger partial charge in [-0.2, -0.15) is 22.0 Å². The minimum Gasteiger partial charge on any atom is -0.374 e. The molecule has 3 nitrogen and oxygen atoms in total. The van der Waals surface area contributed by atoms with Gasteiger partial charge in [-0.3, -0.25) is 0 Å². The molecule has 0 spiro atoms. The molecule has 0 aliphatic rings. The Morgan fingerprint density at radius 1 is 0.778 bits per heavy atom. The molecule has 0 fully saturated rings. The van der Waals surface area contributed by atoms with Crippen LogP contribution < -0.4 is 0 Å². The van der Waals surface area contributed by atoms with Gasteiger partial charge in [0.1, 0.15) is 0 Å². The zero-order chi connectivity index (χ0) is 14.4. The third-order valence-electron chi connectivity index (χ3n) is 1.95. The SMILES string of the molecule is CCO[Si](CC(F)(F)C(F)(F)F)(OCC)OCC. The summed E-state index contributed by atoms with van der Waals surface area (Å²) in [6.45, 7) is 4.27. The fourth-order valence-corrected chi connectivity index (χ4v) is 3.93. The van der Waals surface area contributed by atoms with Gasteiger partial charge in [-0.25, -0.2) is 0 Å². The van der Waals surface area contributed by atoms with Crippen molar-refractivity contribution in [1.82, 2.24) is 0 Å². The summed E-state index contributed by atoms with van der Waals surface area (Å²) in [6, 6.07) is -1.60. The molecule has 0 unspecified atom stereocenters. The van der Waals surface area contributed by atoms with Crippen molar-refractivity contribution in [2.24, 2.45) is 0 Å². The Morgan fingerprint density at radius 2 is 1.11 bits per heavy atom. The van der Waals surface area contributed by atoms with Crippen LogP contribution in [-0.2, 0) is 13.3 Å². The van der Waals surface area contributed by atoms with Gasteiger partial charge in [0.2, 0.25) is 0 Å². The summed E-state index contributed by atoms with van der Waals surface area (Å²) in [7, 11) is -4.01. The van der Waals surface area contributed by atoms with Crippen LogP contribution in [0.4, 0.5) is 22.0 Å². The van der Waals surface area contributed by atoms with Crippen LogP contribution in [0.3, 0.4) is 0 Å². The number of rotatable bonds is 8. The molecule has 0 rings (SSSR count). The molecule has 0 bridgehead atoms. The standard InChI is InChI=1S/C9H17F5O3Si/c1-4-15-18(16-5-2,17-6-3)7-8(10,11)9(12,13)14/h4-7H2,1-3H3. The normalized spacial score (nSPS) is 14.0. The van der Waals surface area contributed by atoms with Gasteiger partial charge >= 0.3 is 20.9 Å². The summed E-state index contributed by atoms with van der Waals surface area (Å²) >= 11 is 0. The Kier molecular flexibility index (Phi) is 6.69. The Balaban J connectivity index is 5.07. The summed E-state index contributed by atoms with van der Waals surface area (Å²) in [5.74, 6) is -4.89. The molecule has 0 aliphatic heterocycles. The Hall–Kier alpha value is -0.253. The molecule has 0 aromatic rings. The lowest BCUT2D eigenvalue weighted by molar-refractivity contribution is -0.276.